The van der Waals surface area contributed by atoms with E-state index in [1.54, 1.807) is 0 Å². The Kier molecular flexibility index (Phi) is 3.08. The molecule has 0 saturated carbocycles. The first-order valence-electron chi connectivity index (χ1n) is 6.86. The second-order valence-corrected chi connectivity index (χ2v) is 5.45. The molecule has 96 valence electrons. The SMILES string of the molecule is CC(C)c1cccc2nc(C3CCCNC3)oc12. The van der Waals surface area contributed by atoms with E-state index in [0.29, 0.717) is 11.8 Å². The minimum Gasteiger partial charge on any atom is -0.440 e. The van der Waals surface area contributed by atoms with Crippen molar-refractivity contribution in [1.82, 2.24) is 10.3 Å². The van der Waals surface area contributed by atoms with Crippen molar-refractivity contribution in [2.45, 2.75) is 38.5 Å². The van der Waals surface area contributed by atoms with Crippen molar-refractivity contribution in [2.24, 2.45) is 0 Å². The summed E-state index contributed by atoms with van der Waals surface area (Å²) in [6, 6.07) is 6.26. The molecule has 3 heteroatoms. The molecule has 1 aromatic heterocycles. The van der Waals surface area contributed by atoms with Crippen molar-refractivity contribution in [3.63, 3.8) is 0 Å². The first-order chi connectivity index (χ1) is 8.75. The van der Waals surface area contributed by atoms with Crippen LogP contribution >= 0.6 is 0 Å². The molecule has 1 saturated heterocycles. The molecule has 18 heavy (non-hydrogen) atoms. The summed E-state index contributed by atoms with van der Waals surface area (Å²) in [6.07, 6.45) is 2.39. The Morgan fingerprint density at radius 3 is 3.00 bits per heavy atom. The molecule has 1 aliphatic heterocycles. The minimum atomic E-state index is 0.436. The lowest BCUT2D eigenvalue weighted by atomic mass is 10.00. The van der Waals surface area contributed by atoms with E-state index in [9.17, 15) is 0 Å². The van der Waals surface area contributed by atoms with Gasteiger partial charge in [-0.15, -0.1) is 0 Å². The third kappa shape index (κ3) is 2.03. The highest BCUT2D eigenvalue weighted by atomic mass is 16.3. The van der Waals surface area contributed by atoms with E-state index in [0.717, 1.165) is 30.1 Å². The van der Waals surface area contributed by atoms with Crippen LogP contribution in [0, 0.1) is 0 Å². The molecular formula is C15H20N2O. The summed E-state index contributed by atoms with van der Waals surface area (Å²) < 4.78 is 6.05. The standard InChI is InChI=1S/C15H20N2O/c1-10(2)12-6-3-7-13-14(12)18-15(17-13)11-5-4-8-16-9-11/h3,6-7,10-11,16H,4-5,8-9H2,1-2H3. The van der Waals surface area contributed by atoms with Crippen molar-refractivity contribution >= 4 is 11.1 Å². The van der Waals surface area contributed by atoms with E-state index in [1.807, 2.05) is 6.07 Å². The van der Waals surface area contributed by atoms with Gasteiger partial charge in [0.1, 0.15) is 5.52 Å². The van der Waals surface area contributed by atoms with Crippen molar-refractivity contribution < 1.29 is 4.42 Å². The van der Waals surface area contributed by atoms with Gasteiger partial charge in [-0.1, -0.05) is 26.0 Å². The largest absolute Gasteiger partial charge is 0.440 e. The van der Waals surface area contributed by atoms with E-state index < -0.39 is 0 Å². The van der Waals surface area contributed by atoms with Crippen LogP contribution in [-0.4, -0.2) is 18.1 Å². The van der Waals surface area contributed by atoms with Crippen LogP contribution in [0.4, 0.5) is 0 Å². The molecule has 1 N–H and O–H groups in total. The monoisotopic (exact) mass is 244 g/mol. The van der Waals surface area contributed by atoms with Gasteiger partial charge in [-0.3, -0.25) is 0 Å². The number of oxazole rings is 1. The zero-order valence-electron chi connectivity index (χ0n) is 11.1. The van der Waals surface area contributed by atoms with Crippen molar-refractivity contribution in [3.8, 4) is 0 Å². The first kappa shape index (κ1) is 11.7. The lowest BCUT2D eigenvalue weighted by Gasteiger charge is -2.19. The van der Waals surface area contributed by atoms with Gasteiger partial charge in [0.2, 0.25) is 0 Å². The molecule has 2 aromatic rings. The number of benzene rings is 1. The molecule has 3 nitrogen and oxygen atoms in total. The molecule has 0 bridgehead atoms. The van der Waals surface area contributed by atoms with Crippen LogP contribution in [0.15, 0.2) is 22.6 Å². The minimum absolute atomic E-state index is 0.436. The number of para-hydroxylation sites is 1. The summed E-state index contributed by atoms with van der Waals surface area (Å²) in [7, 11) is 0. The maximum atomic E-state index is 6.05. The number of hydrogen-bond donors (Lipinski definition) is 1. The van der Waals surface area contributed by atoms with Gasteiger partial charge in [-0.2, -0.15) is 0 Å². The fourth-order valence-electron chi connectivity index (χ4n) is 2.68. The molecule has 1 atom stereocenters. The summed E-state index contributed by atoms with van der Waals surface area (Å²) in [4.78, 5) is 4.67. The van der Waals surface area contributed by atoms with Gasteiger partial charge < -0.3 is 9.73 Å². The number of piperidine rings is 1. The van der Waals surface area contributed by atoms with Crippen molar-refractivity contribution in [1.29, 1.82) is 0 Å². The maximum absolute atomic E-state index is 6.05. The van der Waals surface area contributed by atoms with E-state index in [1.165, 1.54) is 18.4 Å². The Balaban J connectivity index is 2.02. The number of rotatable bonds is 2. The Morgan fingerprint density at radius 1 is 1.39 bits per heavy atom. The highest BCUT2D eigenvalue weighted by Crippen LogP contribution is 2.30. The molecule has 1 aliphatic rings. The topological polar surface area (TPSA) is 38.1 Å². The highest BCUT2D eigenvalue weighted by Gasteiger charge is 2.21. The second-order valence-electron chi connectivity index (χ2n) is 5.45. The van der Waals surface area contributed by atoms with Crippen molar-refractivity contribution in [2.75, 3.05) is 13.1 Å². The molecule has 1 aromatic carbocycles. The fraction of sp³-hybridized carbons (Fsp3) is 0.533. The zero-order valence-corrected chi connectivity index (χ0v) is 11.1. The van der Waals surface area contributed by atoms with Crippen LogP contribution < -0.4 is 5.32 Å². The summed E-state index contributed by atoms with van der Waals surface area (Å²) in [5, 5.41) is 3.42. The van der Waals surface area contributed by atoms with Gasteiger partial charge in [0.15, 0.2) is 11.5 Å². The number of aromatic nitrogens is 1. The van der Waals surface area contributed by atoms with Gasteiger partial charge in [-0.25, -0.2) is 4.98 Å². The highest BCUT2D eigenvalue weighted by molar-refractivity contribution is 5.77. The summed E-state index contributed by atoms with van der Waals surface area (Å²) in [5.41, 5.74) is 3.24. The lowest BCUT2D eigenvalue weighted by Crippen LogP contribution is -2.28. The van der Waals surface area contributed by atoms with Gasteiger partial charge in [0.05, 0.1) is 0 Å². The molecule has 0 aliphatic carbocycles. The van der Waals surface area contributed by atoms with E-state index in [4.69, 9.17) is 4.42 Å². The van der Waals surface area contributed by atoms with Crippen LogP contribution in [-0.2, 0) is 0 Å². The number of fused-ring (bicyclic) bond motifs is 1. The second kappa shape index (κ2) is 4.73. The van der Waals surface area contributed by atoms with Crippen LogP contribution in [0.2, 0.25) is 0 Å². The normalized spacial score (nSPS) is 20.7. The quantitative estimate of drug-likeness (QED) is 0.879. The van der Waals surface area contributed by atoms with Gasteiger partial charge >= 0.3 is 0 Å². The smallest absolute Gasteiger partial charge is 0.199 e. The Labute approximate surface area is 108 Å². The molecule has 2 heterocycles. The van der Waals surface area contributed by atoms with E-state index in [2.05, 4.69) is 36.3 Å². The predicted molar refractivity (Wildman–Crippen MR) is 72.9 cm³/mol. The van der Waals surface area contributed by atoms with Gasteiger partial charge in [-0.05, 0) is 36.9 Å². The zero-order chi connectivity index (χ0) is 12.5. The molecule has 3 rings (SSSR count). The number of nitrogens with zero attached hydrogens (tertiary/aromatic N) is 1. The number of hydrogen-bond acceptors (Lipinski definition) is 3. The summed E-state index contributed by atoms with van der Waals surface area (Å²) >= 11 is 0. The van der Waals surface area contributed by atoms with Crippen molar-refractivity contribution in [3.05, 3.63) is 29.7 Å². The third-order valence-corrected chi connectivity index (χ3v) is 3.73. The fourth-order valence-corrected chi connectivity index (χ4v) is 2.68. The average molecular weight is 244 g/mol. The third-order valence-electron chi connectivity index (χ3n) is 3.73. The molecule has 0 spiro atoms. The summed E-state index contributed by atoms with van der Waals surface area (Å²) in [6.45, 7) is 6.50. The van der Waals surface area contributed by atoms with Crippen LogP contribution in [0.25, 0.3) is 11.1 Å². The predicted octanol–water partition coefficient (Wildman–Crippen LogP) is 3.42. The van der Waals surface area contributed by atoms with Gasteiger partial charge in [0, 0.05) is 12.5 Å². The molecule has 1 unspecified atom stereocenters. The Morgan fingerprint density at radius 2 is 2.28 bits per heavy atom. The average Bonchev–Trinajstić information content (AvgIpc) is 2.83. The van der Waals surface area contributed by atoms with E-state index in [-0.39, 0.29) is 0 Å². The van der Waals surface area contributed by atoms with E-state index >= 15 is 0 Å². The Bertz CT molecular complexity index is 538. The number of nitrogens with one attached hydrogen (secondary N) is 1. The molecule has 0 radical (unpaired) electrons. The van der Waals surface area contributed by atoms with Crippen LogP contribution in [0.1, 0.15) is 50.0 Å². The van der Waals surface area contributed by atoms with Crippen LogP contribution in [0.3, 0.4) is 0 Å². The Hall–Kier alpha value is -1.35. The molecule has 1 fully saturated rings. The van der Waals surface area contributed by atoms with Crippen LogP contribution in [0.5, 0.6) is 0 Å². The first-order valence-corrected chi connectivity index (χ1v) is 6.86. The summed E-state index contributed by atoms with van der Waals surface area (Å²) in [5.74, 6) is 1.82. The molecule has 0 amide bonds. The molecular weight excluding hydrogens is 224 g/mol. The lowest BCUT2D eigenvalue weighted by molar-refractivity contribution is 0.387. The maximum Gasteiger partial charge on any atom is 0.199 e. The van der Waals surface area contributed by atoms with Gasteiger partial charge in [0.25, 0.3) is 0 Å².